The maximum atomic E-state index is 14.5. The molecule has 0 radical (unpaired) electrons. The minimum absolute atomic E-state index is 0.0268. The topological polar surface area (TPSA) is 523 Å². The smallest absolute Gasteiger partial charge is 0.326 e. The molecule has 0 saturated carbocycles. The van der Waals surface area contributed by atoms with Crippen molar-refractivity contribution in [2.75, 3.05) is 13.1 Å². The number of nitrogens with zero attached hydrogens (tertiary/aromatic N) is 1. The number of para-hydroxylation sites is 1. The second kappa shape index (κ2) is 34.4. The second-order valence-corrected chi connectivity index (χ2v) is 20.9. The van der Waals surface area contributed by atoms with E-state index in [1.165, 1.54) is 20.8 Å². The molecule has 21 N–H and O–H groups in total. The van der Waals surface area contributed by atoms with Gasteiger partial charge >= 0.3 is 17.9 Å². The molecule has 0 spiro atoms. The molecule has 0 fully saturated rings. The number of hydrogen-bond donors (Lipinski definition) is 17. The first kappa shape index (κ1) is 70.2. The third-order valence-electron chi connectivity index (χ3n) is 12.7. The van der Waals surface area contributed by atoms with Crippen LogP contribution in [0.5, 0.6) is 0 Å². The van der Waals surface area contributed by atoms with E-state index in [9.17, 15) is 77.6 Å². The predicted molar refractivity (Wildman–Crippen MR) is 298 cm³/mol. The van der Waals surface area contributed by atoms with Crippen LogP contribution in [-0.2, 0) is 68.7 Å². The number of carboxylic acids is 3. The number of guanidine groups is 1. The van der Waals surface area contributed by atoms with Gasteiger partial charge in [-0.2, -0.15) is 0 Å². The van der Waals surface area contributed by atoms with Gasteiger partial charge in [0.2, 0.25) is 59.1 Å². The van der Waals surface area contributed by atoms with E-state index in [1.54, 1.807) is 58.2 Å². The first-order valence-corrected chi connectivity index (χ1v) is 26.8. The Bertz CT molecular complexity index is 2670. The Morgan fingerprint density at radius 3 is 1.66 bits per heavy atom. The van der Waals surface area contributed by atoms with Gasteiger partial charge in [-0.05, 0) is 68.4 Å². The van der Waals surface area contributed by atoms with Crippen LogP contribution in [0.4, 0.5) is 0 Å². The van der Waals surface area contributed by atoms with Crippen LogP contribution in [0.1, 0.15) is 105 Å². The summed E-state index contributed by atoms with van der Waals surface area (Å²) in [6, 6.07) is -6.58. The number of aromatic amines is 1. The van der Waals surface area contributed by atoms with E-state index < -0.39 is 176 Å². The number of aliphatic imine (C=N–C) groups is 1. The van der Waals surface area contributed by atoms with Crippen LogP contribution < -0.4 is 70.8 Å². The fourth-order valence-electron chi connectivity index (χ4n) is 8.05. The Balaban J connectivity index is 2.49. The van der Waals surface area contributed by atoms with Gasteiger partial charge in [0.25, 0.3) is 0 Å². The largest absolute Gasteiger partial charge is 0.481 e. The van der Waals surface area contributed by atoms with Gasteiger partial charge in [0, 0.05) is 42.9 Å². The average molecular weight is 1170 g/mol. The minimum atomic E-state index is -1.98. The molecule has 0 bridgehead atoms. The lowest BCUT2D eigenvalue weighted by atomic mass is 10.0. The van der Waals surface area contributed by atoms with Gasteiger partial charge < -0.3 is 91.1 Å². The highest BCUT2D eigenvalue weighted by Crippen LogP contribution is 2.20. The van der Waals surface area contributed by atoms with Crippen molar-refractivity contribution in [3.05, 3.63) is 36.0 Å². The molecular formula is C52H81N15O16. The number of aromatic nitrogens is 1. The summed E-state index contributed by atoms with van der Waals surface area (Å²) in [7, 11) is 0. The minimum Gasteiger partial charge on any atom is -0.481 e. The van der Waals surface area contributed by atoms with Gasteiger partial charge in [-0.25, -0.2) is 4.79 Å². The summed E-state index contributed by atoms with van der Waals surface area (Å²) in [5.74, 6) is -15.5. The molecule has 0 aliphatic carbocycles. The molecule has 2 rings (SSSR count). The van der Waals surface area contributed by atoms with Crippen molar-refractivity contribution in [1.82, 2.24) is 52.8 Å². The fraction of sp³-hybridized carbons (Fsp3) is 0.577. The second-order valence-electron chi connectivity index (χ2n) is 20.9. The Kier molecular flexibility index (Phi) is 29.1. The first-order valence-electron chi connectivity index (χ1n) is 26.8. The number of H-pyrrole nitrogens is 1. The summed E-state index contributed by atoms with van der Waals surface area (Å²) in [4.78, 5) is 177. The number of nitrogens with one attached hydrogen (secondary N) is 10. The average Bonchev–Trinajstić information content (AvgIpc) is 4.09. The highest BCUT2D eigenvalue weighted by molar-refractivity contribution is 5.99. The molecule has 1 aromatic heterocycles. The maximum absolute atomic E-state index is 14.5. The van der Waals surface area contributed by atoms with Crippen molar-refractivity contribution < 1.29 is 77.6 Å². The molecule has 31 nitrogen and oxygen atoms in total. The Morgan fingerprint density at radius 2 is 1.10 bits per heavy atom. The maximum Gasteiger partial charge on any atom is 0.326 e. The van der Waals surface area contributed by atoms with E-state index in [4.69, 9.17) is 22.9 Å². The summed E-state index contributed by atoms with van der Waals surface area (Å²) >= 11 is 0. The zero-order valence-electron chi connectivity index (χ0n) is 47.5. The third-order valence-corrected chi connectivity index (χ3v) is 12.7. The van der Waals surface area contributed by atoms with Gasteiger partial charge in [0.15, 0.2) is 5.96 Å². The first-order chi connectivity index (χ1) is 38.8. The molecule has 2 aromatic rings. The van der Waals surface area contributed by atoms with E-state index in [2.05, 4.69) is 57.8 Å². The van der Waals surface area contributed by atoms with Crippen LogP contribution >= 0.6 is 0 Å². The van der Waals surface area contributed by atoms with Gasteiger partial charge in [-0.1, -0.05) is 59.7 Å². The molecule has 0 aliphatic rings. The molecule has 1 heterocycles. The summed E-state index contributed by atoms with van der Waals surface area (Å²) in [6.07, 6.45) is -2.06. The lowest BCUT2D eigenvalue weighted by Gasteiger charge is -2.27. The summed E-state index contributed by atoms with van der Waals surface area (Å²) in [5, 5.41) is 51.1. The SMILES string of the molecule is CC(C)C[C@H](NC(=O)[C@@H](N)C(C)C)C(=O)NCC(=O)N[C@@H](CCC(=O)O)C(=O)N[C@@H](C)C(=O)N[C@@H](Cc1c[nH]c2ccccc12)C(=O)N[C@@H](CCCN=C(N)N)C(=O)N[C@@H](CC(=O)O)C(=O)N[C@@H](CCC(N)=O)C(=O)N[C@H](C(=O)O)C(C)C. The standard InChI is InChI=1S/C52H81N15O16/c1-24(2)19-34(66-50(81)41(54)25(3)4)44(75)59-23-38(69)61-32(15-17-39(70)71)45(76)60-27(7)43(74)64-35(20-28-22-58-30-12-9-8-11-29(28)30)48(79)62-31(13-10-18-57-52(55)56)46(77)65-36(21-40(72)73)49(80)63-33(14-16-37(53)68)47(78)67-42(26(5)6)51(82)83/h8-9,11-12,22,24-27,31-36,41-42,58H,10,13-21,23,54H2,1-7H3,(H2,53,68)(H,59,75)(H,60,76)(H,61,69)(H,62,79)(H,63,80)(H,64,74)(H,65,77)(H,66,81)(H,67,78)(H,70,71)(H,72,73)(H,82,83)(H4,55,56,57)/t27-,31-,32-,33-,34-,35-,36-,41-,42-/m0/s1. The third kappa shape index (κ3) is 25.2. The van der Waals surface area contributed by atoms with Crippen molar-refractivity contribution in [3.63, 3.8) is 0 Å². The number of aliphatic carboxylic acids is 3. The summed E-state index contributed by atoms with van der Waals surface area (Å²) in [6.45, 7) is 10.4. The number of amides is 10. The van der Waals surface area contributed by atoms with E-state index in [1.807, 2.05) is 0 Å². The zero-order chi connectivity index (χ0) is 62.8. The number of nitrogens with two attached hydrogens (primary N) is 4. The molecule has 83 heavy (non-hydrogen) atoms. The van der Waals surface area contributed by atoms with Crippen molar-refractivity contribution in [3.8, 4) is 0 Å². The van der Waals surface area contributed by atoms with Gasteiger partial charge in [-0.15, -0.1) is 0 Å². The van der Waals surface area contributed by atoms with Gasteiger partial charge in [-0.3, -0.25) is 62.5 Å². The van der Waals surface area contributed by atoms with Crippen LogP contribution in [0, 0.1) is 17.8 Å². The quantitative estimate of drug-likeness (QED) is 0.0175. The molecule has 1 aromatic carbocycles. The van der Waals surface area contributed by atoms with Gasteiger partial charge in [0.05, 0.1) is 19.0 Å². The van der Waals surface area contributed by atoms with Gasteiger partial charge in [0.1, 0.15) is 48.3 Å². The highest BCUT2D eigenvalue weighted by Gasteiger charge is 2.36. The zero-order valence-corrected chi connectivity index (χ0v) is 47.5. The molecule has 10 amide bonds. The number of primary amides is 1. The molecule has 0 aliphatic heterocycles. The van der Waals surface area contributed by atoms with Crippen LogP contribution in [0.25, 0.3) is 10.9 Å². The molecule has 460 valence electrons. The van der Waals surface area contributed by atoms with Crippen LogP contribution in [0.2, 0.25) is 0 Å². The van der Waals surface area contributed by atoms with Crippen LogP contribution in [0.3, 0.4) is 0 Å². The molecule has 9 atom stereocenters. The fourth-order valence-corrected chi connectivity index (χ4v) is 8.05. The number of carbonyl (C=O) groups excluding carboxylic acids is 10. The Morgan fingerprint density at radius 1 is 0.566 bits per heavy atom. The lowest BCUT2D eigenvalue weighted by Crippen LogP contribution is -2.60. The van der Waals surface area contributed by atoms with E-state index in [0.29, 0.717) is 16.5 Å². The molecule has 31 heteroatoms. The number of benzene rings is 1. The van der Waals surface area contributed by atoms with Crippen molar-refractivity contribution in [1.29, 1.82) is 0 Å². The number of fused-ring (bicyclic) bond motifs is 1. The van der Waals surface area contributed by atoms with Crippen molar-refractivity contribution in [2.24, 2.45) is 45.7 Å². The molecular weight excluding hydrogens is 1090 g/mol. The molecule has 0 saturated heterocycles. The normalized spacial score (nSPS) is 14.4. The van der Waals surface area contributed by atoms with Crippen LogP contribution in [-0.4, -0.2) is 171 Å². The number of carbonyl (C=O) groups is 13. The summed E-state index contributed by atoms with van der Waals surface area (Å²) in [5.41, 5.74) is 23.3. The Labute approximate surface area is 478 Å². The Hall–Kier alpha value is -8.90. The summed E-state index contributed by atoms with van der Waals surface area (Å²) < 4.78 is 0. The van der Waals surface area contributed by atoms with Crippen molar-refractivity contribution in [2.45, 2.75) is 161 Å². The highest BCUT2D eigenvalue weighted by atomic mass is 16.4. The van der Waals surface area contributed by atoms with Crippen LogP contribution in [0.15, 0.2) is 35.5 Å². The van der Waals surface area contributed by atoms with E-state index in [-0.39, 0.29) is 50.0 Å². The predicted octanol–water partition coefficient (Wildman–Crippen LogP) is -3.85. The number of carboxylic acid groups (broad SMARTS) is 3. The van der Waals surface area contributed by atoms with Crippen molar-refractivity contribution >= 4 is 93.8 Å². The number of hydrogen-bond acceptors (Lipinski definition) is 15. The van der Waals surface area contributed by atoms with E-state index >= 15 is 0 Å². The lowest BCUT2D eigenvalue weighted by molar-refractivity contribution is -0.144. The molecule has 0 unspecified atom stereocenters. The number of rotatable bonds is 37. The van der Waals surface area contributed by atoms with E-state index in [0.717, 1.165) is 0 Å². The monoisotopic (exact) mass is 1170 g/mol.